The molecule has 0 saturated carbocycles. The van der Waals surface area contributed by atoms with Crippen molar-refractivity contribution in [3.63, 3.8) is 0 Å². The lowest BCUT2D eigenvalue weighted by atomic mass is 9.63. The highest BCUT2D eigenvalue weighted by atomic mass is 16.6. The minimum absolute atomic E-state index is 0.0251. The molecule has 1 rings (SSSR count). The summed E-state index contributed by atoms with van der Waals surface area (Å²) in [4.78, 5) is 52.4. The topological polar surface area (TPSA) is 136 Å². The van der Waals surface area contributed by atoms with E-state index in [1.165, 1.54) is 6.92 Å². The summed E-state index contributed by atoms with van der Waals surface area (Å²) in [5.74, 6) is -3.70. The normalized spacial score (nSPS) is 17.8. The van der Waals surface area contributed by atoms with E-state index in [-0.39, 0.29) is 38.9 Å². The van der Waals surface area contributed by atoms with Gasteiger partial charge in [-0.15, -0.1) is 0 Å². The lowest BCUT2D eigenvalue weighted by molar-refractivity contribution is -0.172. The van der Waals surface area contributed by atoms with Crippen LogP contribution in [0, 0.1) is 22.2 Å². The van der Waals surface area contributed by atoms with E-state index in [2.05, 4.69) is 0 Å². The molecule has 0 aliphatic carbocycles. The van der Waals surface area contributed by atoms with Crippen molar-refractivity contribution in [3.8, 4) is 0 Å². The maximum Gasteiger partial charge on any atom is 0.312 e. The van der Waals surface area contributed by atoms with Crippen molar-refractivity contribution in [3.05, 3.63) is 35.9 Å². The van der Waals surface area contributed by atoms with Gasteiger partial charge in [0.15, 0.2) is 0 Å². The van der Waals surface area contributed by atoms with E-state index in [0.717, 1.165) is 5.56 Å². The molecule has 1 aromatic rings. The Labute approximate surface area is 238 Å². The monoisotopic (exact) mass is 564 g/mol. The van der Waals surface area contributed by atoms with Gasteiger partial charge in [0.25, 0.3) is 0 Å². The highest BCUT2D eigenvalue weighted by Crippen LogP contribution is 2.48. The largest absolute Gasteiger partial charge is 0.481 e. The predicted octanol–water partition coefficient (Wildman–Crippen LogP) is 5.32. The van der Waals surface area contributed by atoms with E-state index >= 15 is 0 Å². The van der Waals surface area contributed by atoms with E-state index < -0.39 is 57.7 Å². The van der Waals surface area contributed by atoms with Gasteiger partial charge >= 0.3 is 23.9 Å². The van der Waals surface area contributed by atoms with Crippen LogP contribution in [-0.4, -0.2) is 52.4 Å². The Kier molecular flexibility index (Phi) is 12.4. The number of carboxylic acids is 1. The van der Waals surface area contributed by atoms with E-state index in [4.69, 9.17) is 14.2 Å². The van der Waals surface area contributed by atoms with Crippen LogP contribution < -0.4 is 0 Å². The van der Waals surface area contributed by atoms with E-state index in [9.17, 15) is 29.4 Å². The van der Waals surface area contributed by atoms with Crippen molar-refractivity contribution in [2.75, 3.05) is 6.61 Å². The summed E-state index contributed by atoms with van der Waals surface area (Å²) in [7, 11) is 0. The van der Waals surface area contributed by atoms with Crippen molar-refractivity contribution >= 4 is 23.9 Å². The van der Waals surface area contributed by atoms with E-state index in [1.807, 2.05) is 18.2 Å². The number of carboxylic acid groups (broad SMARTS) is 1. The molecule has 0 aliphatic heterocycles. The molecule has 40 heavy (non-hydrogen) atoms. The molecule has 0 amide bonds. The third kappa shape index (κ3) is 10.6. The number of rotatable bonds is 15. The third-order valence-electron chi connectivity index (χ3n) is 7.08. The summed E-state index contributed by atoms with van der Waals surface area (Å²) in [6, 6.07) is 9.07. The number of benzene rings is 1. The van der Waals surface area contributed by atoms with E-state index in [1.54, 1.807) is 67.5 Å². The average molecular weight is 565 g/mol. The van der Waals surface area contributed by atoms with Crippen molar-refractivity contribution in [1.29, 1.82) is 0 Å². The second kappa shape index (κ2) is 14.1. The summed E-state index contributed by atoms with van der Waals surface area (Å²) in [6.07, 6.45) is -0.976. The Morgan fingerprint density at radius 2 is 1.35 bits per heavy atom. The van der Waals surface area contributed by atoms with Crippen LogP contribution in [0.5, 0.6) is 0 Å². The first kappa shape index (κ1) is 35.1. The van der Waals surface area contributed by atoms with Crippen LogP contribution in [0.4, 0.5) is 0 Å². The Morgan fingerprint density at radius 1 is 0.825 bits per heavy atom. The zero-order valence-corrected chi connectivity index (χ0v) is 25.5. The molecule has 0 saturated heterocycles. The van der Waals surface area contributed by atoms with Crippen LogP contribution in [-0.2, 0) is 40.0 Å². The number of carbonyl (C=O) groups excluding carboxylic acids is 3. The number of aliphatic hydroxyl groups is 1. The smallest absolute Gasteiger partial charge is 0.312 e. The summed E-state index contributed by atoms with van der Waals surface area (Å²) in [5.41, 5.74) is -4.13. The average Bonchev–Trinajstić information content (AvgIpc) is 2.84. The van der Waals surface area contributed by atoms with Gasteiger partial charge in [-0.3, -0.25) is 19.2 Å². The molecule has 5 unspecified atom stereocenters. The Balaban J connectivity index is 3.49. The fraction of sp³-hybridized carbons (Fsp3) is 0.677. The lowest BCUT2D eigenvalue weighted by Crippen LogP contribution is -2.46. The number of hydrogen-bond donors (Lipinski definition) is 2. The first-order chi connectivity index (χ1) is 18.3. The zero-order chi connectivity index (χ0) is 30.9. The van der Waals surface area contributed by atoms with Gasteiger partial charge in [0.1, 0.15) is 18.8 Å². The molecule has 0 spiro atoms. The van der Waals surface area contributed by atoms with Crippen LogP contribution in [0.3, 0.4) is 0 Å². The van der Waals surface area contributed by atoms with Gasteiger partial charge in [0, 0.05) is 0 Å². The molecular weight excluding hydrogens is 516 g/mol. The number of aliphatic carboxylic acids is 1. The first-order valence-corrected chi connectivity index (χ1v) is 13.8. The predicted molar refractivity (Wildman–Crippen MR) is 150 cm³/mol. The van der Waals surface area contributed by atoms with Crippen molar-refractivity contribution < 1.29 is 43.6 Å². The molecule has 9 heteroatoms. The molecule has 0 aromatic heterocycles. The Morgan fingerprint density at radius 3 is 1.82 bits per heavy atom. The quantitative estimate of drug-likeness (QED) is 0.214. The van der Waals surface area contributed by atoms with Gasteiger partial charge in [-0.05, 0) is 79.7 Å². The van der Waals surface area contributed by atoms with Gasteiger partial charge in [0.2, 0.25) is 0 Å². The summed E-state index contributed by atoms with van der Waals surface area (Å²) < 4.78 is 16.6. The van der Waals surface area contributed by atoms with Crippen LogP contribution in [0.1, 0.15) is 93.6 Å². The number of aliphatic hydroxyl groups excluding tert-OH is 1. The van der Waals surface area contributed by atoms with Crippen LogP contribution in [0.15, 0.2) is 30.3 Å². The maximum atomic E-state index is 13.7. The molecule has 0 bridgehead atoms. The standard InChI is InChI=1S/C31H48O9/c1-10-29(7,25(34)35)19-31(9,27(37)39-18-23-14-12-11-13-15-23)20-30(8,26(36)38-17-22(3)32)16-21(2)24(33)40-28(4,5)6/h11-15,21-22,32H,10,16-20H2,1-9H3,(H,34,35). The minimum Gasteiger partial charge on any atom is -0.481 e. The van der Waals surface area contributed by atoms with Crippen LogP contribution >= 0.6 is 0 Å². The first-order valence-electron chi connectivity index (χ1n) is 13.8. The zero-order valence-electron chi connectivity index (χ0n) is 25.5. The molecule has 5 atom stereocenters. The minimum atomic E-state index is -1.44. The van der Waals surface area contributed by atoms with Crippen LogP contribution in [0.25, 0.3) is 0 Å². The molecular formula is C31H48O9. The van der Waals surface area contributed by atoms with Gasteiger partial charge in [-0.1, -0.05) is 44.2 Å². The molecule has 0 heterocycles. The highest BCUT2D eigenvalue weighted by molar-refractivity contribution is 5.83. The Bertz CT molecular complexity index is 1010. The van der Waals surface area contributed by atoms with Gasteiger partial charge in [-0.2, -0.15) is 0 Å². The molecule has 9 nitrogen and oxygen atoms in total. The second-order valence-electron chi connectivity index (χ2n) is 12.8. The van der Waals surface area contributed by atoms with Crippen molar-refractivity contribution in [2.24, 2.45) is 22.2 Å². The second-order valence-corrected chi connectivity index (χ2v) is 12.8. The molecule has 1 aromatic carbocycles. The van der Waals surface area contributed by atoms with Gasteiger partial charge in [-0.25, -0.2) is 0 Å². The maximum absolute atomic E-state index is 13.7. The van der Waals surface area contributed by atoms with Gasteiger partial charge < -0.3 is 24.4 Å². The van der Waals surface area contributed by atoms with Crippen molar-refractivity contribution in [2.45, 2.75) is 106 Å². The molecule has 226 valence electrons. The third-order valence-corrected chi connectivity index (χ3v) is 7.08. The molecule has 0 radical (unpaired) electrons. The number of hydrogen-bond acceptors (Lipinski definition) is 8. The number of esters is 3. The van der Waals surface area contributed by atoms with E-state index in [0.29, 0.717) is 0 Å². The summed E-state index contributed by atoms with van der Waals surface area (Å²) >= 11 is 0. The number of ether oxygens (including phenoxy) is 3. The van der Waals surface area contributed by atoms with Crippen molar-refractivity contribution in [1.82, 2.24) is 0 Å². The number of carbonyl (C=O) groups is 4. The molecule has 2 N–H and O–H groups in total. The highest BCUT2D eigenvalue weighted by Gasteiger charge is 2.51. The molecule has 0 aliphatic rings. The van der Waals surface area contributed by atoms with Crippen LogP contribution in [0.2, 0.25) is 0 Å². The van der Waals surface area contributed by atoms with Gasteiger partial charge in [0.05, 0.1) is 28.3 Å². The molecule has 0 fully saturated rings. The fourth-order valence-corrected chi connectivity index (χ4v) is 4.94. The summed E-state index contributed by atoms with van der Waals surface area (Å²) in [6.45, 7) is 14.5. The lowest BCUT2D eigenvalue weighted by Gasteiger charge is -2.41. The Hall–Kier alpha value is -2.94. The fourth-order valence-electron chi connectivity index (χ4n) is 4.94. The summed E-state index contributed by atoms with van der Waals surface area (Å²) in [5, 5.41) is 19.8. The SMILES string of the molecule is CCC(C)(CC(C)(CC(C)(CC(C)C(=O)OC(C)(C)C)C(=O)OCC(C)O)C(=O)OCc1ccccc1)C(=O)O.